The first-order valence-electron chi connectivity index (χ1n) is 7.36. The van der Waals surface area contributed by atoms with E-state index in [1.54, 1.807) is 6.07 Å². The Balaban J connectivity index is 2.04. The number of nitrogens with zero attached hydrogens (tertiary/aromatic N) is 1. The van der Waals surface area contributed by atoms with Crippen molar-refractivity contribution in [3.05, 3.63) is 42.0 Å². The highest BCUT2D eigenvalue weighted by atomic mass is 32.2. The molecule has 1 saturated heterocycles. The van der Waals surface area contributed by atoms with Gasteiger partial charge in [0.1, 0.15) is 6.17 Å². The summed E-state index contributed by atoms with van der Waals surface area (Å²) in [7, 11) is -3.94. The number of fused-ring (bicyclic) bond motifs is 1. The summed E-state index contributed by atoms with van der Waals surface area (Å²) in [5, 5.41) is 5.42. The first-order valence-corrected chi connectivity index (χ1v) is 8.91. The maximum absolute atomic E-state index is 12.1. The molecule has 3 aromatic rings. The third kappa shape index (κ3) is 2.74. The van der Waals surface area contributed by atoms with Crippen LogP contribution in [0, 0.1) is 0 Å². The topological polar surface area (TPSA) is 163 Å². The quantitative estimate of drug-likeness (QED) is 0.331. The van der Waals surface area contributed by atoms with Crippen molar-refractivity contribution in [2.75, 3.05) is 5.73 Å². The van der Waals surface area contributed by atoms with Crippen LogP contribution in [0.4, 0.5) is 5.95 Å². The van der Waals surface area contributed by atoms with E-state index >= 15 is 0 Å². The standard InChI is InChI=1S/C14H16N8O2S/c15-14-17-9-5-1-4-8(12(9)18-14)7-3-2-6-10(25(16,23)24)11(7)13-19-21-22-20-13/h1-6,13,19-22H,(H3,15,17,18)(H2,16,23,24). The summed E-state index contributed by atoms with van der Waals surface area (Å²) in [4.78, 5) is 7.30. The lowest BCUT2D eigenvalue weighted by atomic mass is 9.97. The molecule has 1 fully saturated rings. The van der Waals surface area contributed by atoms with Gasteiger partial charge < -0.3 is 10.7 Å². The summed E-state index contributed by atoms with van der Waals surface area (Å²) >= 11 is 0. The van der Waals surface area contributed by atoms with Gasteiger partial charge in [-0.25, -0.2) is 29.4 Å². The van der Waals surface area contributed by atoms with Gasteiger partial charge in [-0.2, -0.15) is 11.1 Å². The summed E-state index contributed by atoms with van der Waals surface area (Å²) in [5.41, 5.74) is 20.2. The maximum atomic E-state index is 12.1. The van der Waals surface area contributed by atoms with Crippen LogP contribution >= 0.6 is 0 Å². The molecule has 10 nitrogen and oxygen atoms in total. The molecule has 0 unspecified atom stereocenters. The number of rotatable bonds is 3. The van der Waals surface area contributed by atoms with Crippen LogP contribution in [-0.2, 0) is 10.0 Å². The number of hydrogen-bond acceptors (Lipinski definition) is 8. The Hall–Kier alpha value is -2.54. The van der Waals surface area contributed by atoms with Crippen LogP contribution in [0.25, 0.3) is 22.2 Å². The number of aromatic amines is 1. The van der Waals surface area contributed by atoms with Crippen molar-refractivity contribution in [3.63, 3.8) is 0 Å². The molecule has 0 saturated carbocycles. The summed E-state index contributed by atoms with van der Waals surface area (Å²) < 4.78 is 24.2. The van der Waals surface area contributed by atoms with Gasteiger partial charge in [-0.05, 0) is 17.7 Å². The summed E-state index contributed by atoms with van der Waals surface area (Å²) in [6.07, 6.45) is -0.531. The fraction of sp³-hybridized carbons (Fsp3) is 0.0714. The highest BCUT2D eigenvalue weighted by molar-refractivity contribution is 7.89. The number of benzene rings is 2. The van der Waals surface area contributed by atoms with Crippen molar-refractivity contribution in [3.8, 4) is 11.1 Å². The number of hydrogen-bond donors (Lipinski definition) is 7. The van der Waals surface area contributed by atoms with Gasteiger partial charge >= 0.3 is 0 Å². The van der Waals surface area contributed by atoms with E-state index < -0.39 is 16.2 Å². The minimum atomic E-state index is -3.94. The van der Waals surface area contributed by atoms with Crippen molar-refractivity contribution in [1.82, 2.24) is 31.9 Å². The molecule has 0 radical (unpaired) electrons. The minimum Gasteiger partial charge on any atom is -0.369 e. The number of nitrogens with two attached hydrogens (primary N) is 2. The fourth-order valence-electron chi connectivity index (χ4n) is 2.99. The first kappa shape index (κ1) is 16.0. The Bertz CT molecular complexity index is 1060. The van der Waals surface area contributed by atoms with Gasteiger partial charge in [0, 0.05) is 11.1 Å². The molecule has 0 spiro atoms. The third-order valence-electron chi connectivity index (χ3n) is 3.98. The molecule has 0 bridgehead atoms. The lowest BCUT2D eigenvalue weighted by Gasteiger charge is -2.18. The Morgan fingerprint density at radius 2 is 1.68 bits per heavy atom. The highest BCUT2D eigenvalue weighted by Gasteiger charge is 2.27. The van der Waals surface area contributed by atoms with Gasteiger partial charge in [-0.1, -0.05) is 24.3 Å². The van der Waals surface area contributed by atoms with Crippen LogP contribution < -0.4 is 32.8 Å². The molecule has 0 aliphatic carbocycles. The molecule has 9 N–H and O–H groups in total. The second-order valence-electron chi connectivity index (χ2n) is 5.56. The average molecular weight is 360 g/mol. The Morgan fingerprint density at radius 3 is 2.40 bits per heavy atom. The van der Waals surface area contributed by atoms with Gasteiger partial charge in [0.25, 0.3) is 0 Å². The number of H-pyrrole nitrogens is 1. The fourth-order valence-corrected chi connectivity index (χ4v) is 3.79. The van der Waals surface area contributed by atoms with E-state index in [2.05, 4.69) is 31.9 Å². The number of anilines is 1. The molecular formula is C14H16N8O2S. The minimum absolute atomic E-state index is 0.0148. The molecule has 25 heavy (non-hydrogen) atoms. The van der Waals surface area contributed by atoms with E-state index in [0.29, 0.717) is 16.6 Å². The van der Waals surface area contributed by atoms with Crippen LogP contribution in [0.15, 0.2) is 41.3 Å². The average Bonchev–Trinajstić information content (AvgIpc) is 3.21. The molecule has 130 valence electrons. The van der Waals surface area contributed by atoms with Crippen LogP contribution in [-0.4, -0.2) is 18.4 Å². The second kappa shape index (κ2) is 5.77. The largest absolute Gasteiger partial charge is 0.369 e. The van der Waals surface area contributed by atoms with Crippen LogP contribution in [0.5, 0.6) is 0 Å². The summed E-state index contributed by atoms with van der Waals surface area (Å²) in [6, 6.07) is 10.5. The molecular weight excluding hydrogens is 344 g/mol. The zero-order valence-electron chi connectivity index (χ0n) is 12.9. The normalized spacial score (nSPS) is 15.9. The van der Waals surface area contributed by atoms with E-state index in [9.17, 15) is 8.42 Å². The van der Waals surface area contributed by atoms with Gasteiger partial charge in [0.2, 0.25) is 10.0 Å². The molecule has 1 aliphatic rings. The predicted octanol–water partition coefficient (Wildman–Crippen LogP) is -0.425. The van der Waals surface area contributed by atoms with E-state index in [4.69, 9.17) is 10.9 Å². The molecule has 2 heterocycles. The molecule has 2 aromatic carbocycles. The number of nitrogens with one attached hydrogen (secondary N) is 5. The highest BCUT2D eigenvalue weighted by Crippen LogP contribution is 2.35. The number of nitrogen functional groups attached to an aromatic ring is 1. The predicted molar refractivity (Wildman–Crippen MR) is 92.6 cm³/mol. The number of aromatic nitrogens is 2. The monoisotopic (exact) mass is 360 g/mol. The lowest BCUT2D eigenvalue weighted by Crippen LogP contribution is -2.33. The molecule has 0 amide bonds. The number of imidazole rings is 1. The van der Waals surface area contributed by atoms with Crippen LogP contribution in [0.1, 0.15) is 11.7 Å². The van der Waals surface area contributed by atoms with Gasteiger partial charge in [-0.15, -0.1) is 0 Å². The van der Waals surface area contributed by atoms with Crippen molar-refractivity contribution < 1.29 is 8.42 Å². The zero-order chi connectivity index (χ0) is 17.6. The molecule has 4 rings (SSSR count). The van der Waals surface area contributed by atoms with E-state index in [1.165, 1.54) is 6.07 Å². The molecule has 0 atom stereocenters. The van der Waals surface area contributed by atoms with Gasteiger partial charge in [0.15, 0.2) is 5.95 Å². The van der Waals surface area contributed by atoms with Crippen LogP contribution in [0.2, 0.25) is 0 Å². The van der Waals surface area contributed by atoms with Crippen molar-refractivity contribution in [2.24, 2.45) is 5.14 Å². The molecule has 11 heteroatoms. The van der Waals surface area contributed by atoms with Crippen LogP contribution in [0.3, 0.4) is 0 Å². The van der Waals surface area contributed by atoms with Gasteiger partial charge in [0.05, 0.1) is 15.9 Å². The van der Waals surface area contributed by atoms with Gasteiger partial charge in [-0.3, -0.25) is 0 Å². The maximum Gasteiger partial charge on any atom is 0.238 e. The Labute approximate surface area is 143 Å². The number of primary sulfonamides is 1. The summed E-state index contributed by atoms with van der Waals surface area (Å²) in [5.74, 6) is 0.284. The van der Waals surface area contributed by atoms with E-state index in [1.807, 2.05) is 24.3 Å². The lowest BCUT2D eigenvalue weighted by molar-refractivity contribution is 0.541. The number of hydrazine groups is 3. The molecule has 1 aliphatic heterocycles. The SMILES string of the molecule is Nc1nc2c(-c3cccc(S(N)(=O)=O)c3C3NNNN3)cccc2[nH]1. The second-order valence-corrected chi connectivity index (χ2v) is 7.09. The smallest absolute Gasteiger partial charge is 0.238 e. The van der Waals surface area contributed by atoms with Crippen molar-refractivity contribution >= 4 is 27.0 Å². The Morgan fingerprint density at radius 1 is 1.00 bits per heavy atom. The summed E-state index contributed by atoms with van der Waals surface area (Å²) in [6.45, 7) is 0. The zero-order valence-corrected chi connectivity index (χ0v) is 13.7. The third-order valence-corrected chi connectivity index (χ3v) is 4.95. The van der Waals surface area contributed by atoms with Crippen molar-refractivity contribution in [1.29, 1.82) is 0 Å². The Kier molecular flexibility index (Phi) is 3.68. The number of sulfonamides is 1. The first-order chi connectivity index (χ1) is 11.9. The van der Waals surface area contributed by atoms with E-state index in [-0.39, 0.29) is 10.8 Å². The number of para-hydroxylation sites is 1. The van der Waals surface area contributed by atoms with E-state index in [0.717, 1.165) is 11.1 Å². The molecule has 1 aromatic heterocycles. The van der Waals surface area contributed by atoms with Crippen molar-refractivity contribution in [2.45, 2.75) is 11.1 Å².